The van der Waals surface area contributed by atoms with E-state index >= 15 is 0 Å². The van der Waals surface area contributed by atoms with Crippen LogP contribution < -0.4 is 5.32 Å². The van der Waals surface area contributed by atoms with E-state index in [4.69, 9.17) is 0 Å². The first-order chi connectivity index (χ1) is 5.93. The number of hydrogen-bond donors (Lipinski definition) is 1. The summed E-state index contributed by atoms with van der Waals surface area (Å²) < 4.78 is 0. The molecule has 1 N–H and O–H groups in total. The predicted octanol–water partition coefficient (Wildman–Crippen LogP) is 1.85. The first-order valence-electron chi connectivity index (χ1n) is 4.68. The summed E-state index contributed by atoms with van der Waals surface area (Å²) in [7, 11) is 0. The highest BCUT2D eigenvalue weighted by molar-refractivity contribution is 5.75. The van der Waals surface area contributed by atoms with Crippen molar-refractivity contribution in [2.24, 2.45) is 0 Å². The van der Waals surface area contributed by atoms with Gasteiger partial charge >= 0.3 is 0 Å². The lowest BCUT2D eigenvalue weighted by atomic mass is 10.1. The third-order valence-electron chi connectivity index (χ3n) is 1.91. The Hall–Kier alpha value is -0.755. The predicted molar refractivity (Wildman–Crippen MR) is 59.1 cm³/mol. The Morgan fingerprint density at radius 1 is 1.15 bits per heavy atom. The Labute approximate surface area is 83.1 Å². The summed E-state index contributed by atoms with van der Waals surface area (Å²) in [6, 6.07) is 10.6. The average molecular weight is 174 g/mol. The van der Waals surface area contributed by atoms with Gasteiger partial charge in [0.15, 0.2) is 0 Å². The van der Waals surface area contributed by atoms with E-state index < -0.39 is 0 Å². The normalized spacial score (nSPS) is 9.31. The van der Waals surface area contributed by atoms with Crippen LogP contribution in [0.2, 0.25) is 0 Å². The van der Waals surface area contributed by atoms with E-state index in [1.54, 1.807) is 0 Å². The Kier molecular flexibility index (Phi) is 7.41. The van der Waals surface area contributed by atoms with Crippen LogP contribution in [0.25, 0.3) is 0 Å². The van der Waals surface area contributed by atoms with Gasteiger partial charge in [0, 0.05) is 8.41 Å². The first-order valence-corrected chi connectivity index (χ1v) is 4.68. The van der Waals surface area contributed by atoms with Crippen LogP contribution in [0.1, 0.15) is 18.9 Å². The molecule has 0 heterocycles. The zero-order valence-electron chi connectivity index (χ0n) is 8.29. The summed E-state index contributed by atoms with van der Waals surface area (Å²) in [4.78, 5) is 0. The highest BCUT2D eigenvalue weighted by Crippen LogP contribution is 2.00. The maximum atomic E-state index is 3.32. The molecule has 1 nitrogen and oxygen atoms in total. The second-order valence-electron chi connectivity index (χ2n) is 2.94. The van der Waals surface area contributed by atoms with Crippen LogP contribution in [0.4, 0.5) is 0 Å². The first kappa shape index (κ1) is 12.2. The van der Waals surface area contributed by atoms with Crippen LogP contribution in [0.5, 0.6) is 0 Å². The monoisotopic (exact) mass is 174 g/mol. The molecule has 2 heteroatoms. The quantitative estimate of drug-likeness (QED) is 0.530. The van der Waals surface area contributed by atoms with Crippen molar-refractivity contribution in [2.45, 2.75) is 19.8 Å². The van der Waals surface area contributed by atoms with E-state index in [2.05, 4.69) is 42.6 Å². The molecule has 0 bridgehead atoms. The summed E-state index contributed by atoms with van der Waals surface area (Å²) in [5, 5.41) is 3.32. The molecule has 0 saturated carbocycles. The van der Waals surface area contributed by atoms with Gasteiger partial charge < -0.3 is 5.32 Å². The van der Waals surface area contributed by atoms with Crippen molar-refractivity contribution in [3.05, 3.63) is 35.9 Å². The number of hydrogen-bond acceptors (Lipinski definition) is 1. The maximum Gasteiger partial charge on any atom is 0 e. The molecule has 1 rings (SSSR count). The van der Waals surface area contributed by atoms with Crippen molar-refractivity contribution in [1.82, 2.24) is 5.32 Å². The molecule has 13 heavy (non-hydrogen) atoms. The van der Waals surface area contributed by atoms with Crippen LogP contribution in [0.15, 0.2) is 30.3 Å². The summed E-state index contributed by atoms with van der Waals surface area (Å²) >= 11 is 0. The third kappa shape index (κ3) is 5.48. The Morgan fingerprint density at radius 3 is 2.46 bits per heavy atom. The van der Waals surface area contributed by atoms with Gasteiger partial charge in [-0.25, -0.2) is 0 Å². The van der Waals surface area contributed by atoms with Gasteiger partial charge in [0.1, 0.15) is 0 Å². The van der Waals surface area contributed by atoms with Crippen molar-refractivity contribution < 1.29 is 0 Å². The van der Waals surface area contributed by atoms with Crippen LogP contribution in [0.3, 0.4) is 0 Å². The molecule has 0 saturated heterocycles. The molecule has 0 unspecified atom stereocenters. The molecular formula is C11H17BN. The molecule has 69 valence electrons. The second kappa shape index (κ2) is 7.87. The van der Waals surface area contributed by atoms with Crippen LogP contribution >= 0.6 is 0 Å². The molecule has 0 fully saturated rings. The van der Waals surface area contributed by atoms with Crippen molar-refractivity contribution in [1.29, 1.82) is 0 Å². The summed E-state index contributed by atoms with van der Waals surface area (Å²) in [6.45, 7) is 4.35. The molecule has 0 aliphatic heterocycles. The molecule has 1 aromatic carbocycles. The van der Waals surface area contributed by atoms with Crippen molar-refractivity contribution in [3.63, 3.8) is 0 Å². The van der Waals surface area contributed by atoms with Gasteiger partial charge in [-0.3, -0.25) is 0 Å². The minimum Gasteiger partial charge on any atom is -0.317 e. The van der Waals surface area contributed by atoms with E-state index in [1.807, 2.05) is 0 Å². The zero-order valence-corrected chi connectivity index (χ0v) is 8.29. The topological polar surface area (TPSA) is 12.0 Å². The molecule has 0 aliphatic rings. The molecule has 0 spiro atoms. The van der Waals surface area contributed by atoms with E-state index in [1.165, 1.54) is 18.4 Å². The fourth-order valence-electron chi connectivity index (χ4n) is 1.24. The smallest absolute Gasteiger partial charge is 0 e. The van der Waals surface area contributed by atoms with E-state index in [0.29, 0.717) is 0 Å². The fraction of sp³-hybridized carbons (Fsp3) is 0.455. The van der Waals surface area contributed by atoms with Crippen LogP contribution in [-0.2, 0) is 6.42 Å². The minimum atomic E-state index is 0. The average Bonchev–Trinajstić information content (AvgIpc) is 2.14. The highest BCUT2D eigenvalue weighted by atomic mass is 14.8. The molecule has 0 aliphatic carbocycles. The lowest BCUT2D eigenvalue weighted by Gasteiger charge is -2.01. The Morgan fingerprint density at radius 2 is 1.85 bits per heavy atom. The minimum absolute atomic E-state index is 0. The molecule has 0 atom stereocenters. The molecule has 0 aromatic heterocycles. The van der Waals surface area contributed by atoms with Crippen molar-refractivity contribution in [3.8, 4) is 0 Å². The molecule has 3 radical (unpaired) electrons. The number of rotatable bonds is 5. The Balaban J connectivity index is 0.00000144. The van der Waals surface area contributed by atoms with Gasteiger partial charge in [-0.15, -0.1) is 0 Å². The van der Waals surface area contributed by atoms with Crippen molar-refractivity contribution in [2.75, 3.05) is 13.1 Å². The van der Waals surface area contributed by atoms with Gasteiger partial charge in [0.2, 0.25) is 0 Å². The highest BCUT2D eigenvalue weighted by Gasteiger charge is 1.89. The maximum absolute atomic E-state index is 3.32. The van der Waals surface area contributed by atoms with Gasteiger partial charge in [0.05, 0.1) is 0 Å². The standard InChI is InChI=1S/C11H17N.B/c1-2-12-10-6-9-11-7-4-3-5-8-11;/h3-5,7-8,12H,2,6,9-10H2,1H3;. The zero-order chi connectivity index (χ0) is 8.65. The SMILES string of the molecule is CCNCCCc1ccccc1.[B]. The van der Waals surface area contributed by atoms with Gasteiger partial charge in [0.25, 0.3) is 0 Å². The lowest BCUT2D eigenvalue weighted by molar-refractivity contribution is 0.672. The number of nitrogens with one attached hydrogen (secondary N) is 1. The number of aryl methyl sites for hydroxylation is 1. The number of benzene rings is 1. The Bertz CT molecular complexity index is 199. The molecular weight excluding hydrogens is 157 g/mol. The fourth-order valence-corrected chi connectivity index (χ4v) is 1.24. The molecule has 0 amide bonds. The van der Waals surface area contributed by atoms with Crippen LogP contribution in [-0.4, -0.2) is 21.5 Å². The summed E-state index contributed by atoms with van der Waals surface area (Å²) in [6.07, 6.45) is 2.42. The lowest BCUT2D eigenvalue weighted by Crippen LogP contribution is -2.14. The van der Waals surface area contributed by atoms with E-state index in [0.717, 1.165) is 13.1 Å². The van der Waals surface area contributed by atoms with Gasteiger partial charge in [-0.05, 0) is 31.5 Å². The van der Waals surface area contributed by atoms with Gasteiger partial charge in [-0.1, -0.05) is 37.3 Å². The van der Waals surface area contributed by atoms with E-state index in [9.17, 15) is 0 Å². The summed E-state index contributed by atoms with van der Waals surface area (Å²) in [5.74, 6) is 0. The van der Waals surface area contributed by atoms with Gasteiger partial charge in [-0.2, -0.15) is 0 Å². The summed E-state index contributed by atoms with van der Waals surface area (Å²) in [5.41, 5.74) is 1.44. The largest absolute Gasteiger partial charge is 0.317 e. The molecule has 1 aromatic rings. The third-order valence-corrected chi connectivity index (χ3v) is 1.91. The van der Waals surface area contributed by atoms with Crippen molar-refractivity contribution >= 4 is 8.41 Å². The van der Waals surface area contributed by atoms with E-state index in [-0.39, 0.29) is 8.41 Å². The van der Waals surface area contributed by atoms with Crippen LogP contribution in [0, 0.1) is 0 Å². The second-order valence-corrected chi connectivity index (χ2v) is 2.94.